The molecule has 0 amide bonds. The molecule has 0 unspecified atom stereocenters. The molecule has 0 spiro atoms. The Morgan fingerprint density at radius 1 is 0.304 bits per heavy atom. The highest BCUT2D eigenvalue weighted by atomic mass is 16.5. The van der Waals surface area contributed by atoms with Crippen LogP contribution < -0.4 is 9.47 Å². The zero-order valence-corrected chi connectivity index (χ0v) is 30.5. The van der Waals surface area contributed by atoms with E-state index in [1.807, 2.05) is 72.8 Å². The van der Waals surface area contributed by atoms with E-state index in [1.54, 1.807) is 36.4 Å². The number of ether oxygens (including phenoxy) is 2. The third-order valence-electron chi connectivity index (χ3n) is 10.2. The number of hydrogen-bond acceptors (Lipinski definition) is 4. The fourth-order valence-corrected chi connectivity index (χ4v) is 7.48. The van der Waals surface area contributed by atoms with Gasteiger partial charge >= 0.3 is 0 Å². The molecular formula is C52H36O4. The number of hydrogen-bond donors (Lipinski definition) is 0. The number of benzene rings is 8. The standard InChI is InChI=1S/C52H36O4/c53-51-46-24-14-26-48(56-34-36-29-43(39-19-9-3-10-20-39)32-44(30-36)40-21-11-4-12-22-40)50(46)52(54)45-23-13-25-47(49(45)51)55-33-35-27-41(37-15-5-1-6-16-37)31-42(28-35)38-17-7-2-8-18-38/h1-32H,33-34H2. The Morgan fingerprint density at radius 2 is 0.607 bits per heavy atom. The summed E-state index contributed by atoms with van der Waals surface area (Å²) in [5.74, 6) is 0.206. The Kier molecular flexibility index (Phi) is 9.36. The van der Waals surface area contributed by atoms with Gasteiger partial charge in [0, 0.05) is 11.1 Å². The Bertz CT molecular complexity index is 2400. The van der Waals surface area contributed by atoms with Gasteiger partial charge in [0.05, 0.1) is 11.1 Å². The van der Waals surface area contributed by atoms with E-state index in [0.717, 1.165) is 55.6 Å². The quantitative estimate of drug-likeness (QED) is 0.141. The average Bonchev–Trinajstić information content (AvgIpc) is 3.27. The van der Waals surface area contributed by atoms with Crippen LogP contribution >= 0.6 is 0 Å². The van der Waals surface area contributed by atoms with Crippen molar-refractivity contribution < 1.29 is 19.1 Å². The van der Waals surface area contributed by atoms with Crippen molar-refractivity contribution in [1.29, 1.82) is 0 Å². The fourth-order valence-electron chi connectivity index (χ4n) is 7.48. The second-order valence-electron chi connectivity index (χ2n) is 13.9. The first kappa shape index (κ1) is 34.5. The summed E-state index contributed by atoms with van der Waals surface area (Å²) in [5, 5.41) is 0. The van der Waals surface area contributed by atoms with Crippen LogP contribution in [0.2, 0.25) is 0 Å². The van der Waals surface area contributed by atoms with Crippen molar-refractivity contribution in [1.82, 2.24) is 0 Å². The minimum atomic E-state index is -0.268. The number of rotatable bonds is 10. The highest BCUT2D eigenvalue weighted by Crippen LogP contribution is 2.38. The van der Waals surface area contributed by atoms with Gasteiger partial charge in [0.2, 0.25) is 0 Å². The minimum absolute atomic E-state index is 0.210. The van der Waals surface area contributed by atoms with Gasteiger partial charge in [-0.15, -0.1) is 0 Å². The SMILES string of the molecule is O=C1c2cccc(OCc3cc(-c4ccccc4)cc(-c4ccccc4)c3)c2C(=O)c2cccc(OCc3cc(-c4ccccc4)cc(-c4ccccc4)c3)c21. The largest absolute Gasteiger partial charge is 0.488 e. The predicted octanol–water partition coefficient (Wildman–Crippen LogP) is 12.3. The summed E-state index contributed by atoms with van der Waals surface area (Å²) in [4.78, 5) is 28.6. The van der Waals surface area contributed by atoms with E-state index in [-0.39, 0.29) is 35.9 Å². The van der Waals surface area contributed by atoms with E-state index < -0.39 is 0 Å². The Labute approximate surface area is 326 Å². The van der Waals surface area contributed by atoms with Gasteiger partial charge in [0.25, 0.3) is 0 Å². The molecule has 0 bridgehead atoms. The van der Waals surface area contributed by atoms with Gasteiger partial charge in [-0.25, -0.2) is 0 Å². The minimum Gasteiger partial charge on any atom is -0.488 e. The normalized spacial score (nSPS) is 11.8. The van der Waals surface area contributed by atoms with Gasteiger partial charge < -0.3 is 9.47 Å². The summed E-state index contributed by atoms with van der Waals surface area (Å²) in [6, 6.07) is 64.2. The smallest absolute Gasteiger partial charge is 0.198 e. The number of ketones is 2. The zero-order chi connectivity index (χ0) is 37.8. The molecule has 0 radical (unpaired) electrons. The third kappa shape index (κ3) is 6.92. The van der Waals surface area contributed by atoms with E-state index in [0.29, 0.717) is 22.6 Å². The first-order chi connectivity index (χ1) is 27.6. The maximum Gasteiger partial charge on any atom is 0.198 e. The van der Waals surface area contributed by atoms with Gasteiger partial charge in [0.15, 0.2) is 11.6 Å². The molecule has 268 valence electrons. The highest BCUT2D eigenvalue weighted by Gasteiger charge is 2.34. The molecule has 0 saturated carbocycles. The third-order valence-corrected chi connectivity index (χ3v) is 10.2. The number of carbonyl (C=O) groups excluding carboxylic acids is 2. The van der Waals surface area contributed by atoms with E-state index in [2.05, 4.69) is 84.9 Å². The fraction of sp³-hybridized carbons (Fsp3) is 0.0385. The van der Waals surface area contributed by atoms with Gasteiger partial charge in [-0.05, 0) is 104 Å². The van der Waals surface area contributed by atoms with Crippen LogP contribution in [0, 0.1) is 0 Å². The molecule has 0 aromatic heterocycles. The summed E-state index contributed by atoms with van der Waals surface area (Å²) >= 11 is 0. The van der Waals surface area contributed by atoms with E-state index in [1.165, 1.54) is 0 Å². The molecule has 0 heterocycles. The predicted molar refractivity (Wildman–Crippen MR) is 223 cm³/mol. The summed E-state index contributed by atoms with van der Waals surface area (Å²) in [5.41, 5.74) is 11.7. The molecule has 0 saturated heterocycles. The molecule has 1 aliphatic rings. The second-order valence-corrected chi connectivity index (χ2v) is 13.9. The van der Waals surface area contributed by atoms with Crippen LogP contribution in [0.15, 0.2) is 194 Å². The lowest BCUT2D eigenvalue weighted by Crippen LogP contribution is -2.23. The van der Waals surface area contributed by atoms with E-state index in [9.17, 15) is 9.59 Å². The second kappa shape index (κ2) is 15.2. The van der Waals surface area contributed by atoms with Crippen LogP contribution in [0.4, 0.5) is 0 Å². The van der Waals surface area contributed by atoms with Crippen LogP contribution in [0.5, 0.6) is 11.5 Å². The van der Waals surface area contributed by atoms with Crippen molar-refractivity contribution in [3.8, 4) is 56.0 Å². The molecule has 0 fully saturated rings. The topological polar surface area (TPSA) is 52.6 Å². The number of fused-ring (bicyclic) bond motifs is 2. The first-order valence-electron chi connectivity index (χ1n) is 18.7. The molecule has 8 aromatic rings. The Hall–Kier alpha value is -7.30. The summed E-state index contributed by atoms with van der Waals surface area (Å²) in [6.45, 7) is 0.420. The van der Waals surface area contributed by atoms with Crippen LogP contribution in [0.25, 0.3) is 44.5 Å². The molecule has 56 heavy (non-hydrogen) atoms. The molecule has 0 atom stereocenters. The Morgan fingerprint density at radius 3 is 0.911 bits per heavy atom. The molecule has 4 nitrogen and oxygen atoms in total. The highest BCUT2D eigenvalue weighted by molar-refractivity contribution is 6.30. The lowest BCUT2D eigenvalue weighted by Gasteiger charge is -2.22. The van der Waals surface area contributed by atoms with Crippen molar-refractivity contribution in [2.24, 2.45) is 0 Å². The van der Waals surface area contributed by atoms with Gasteiger partial charge in [-0.3, -0.25) is 9.59 Å². The average molecular weight is 725 g/mol. The van der Waals surface area contributed by atoms with Gasteiger partial charge in [-0.1, -0.05) is 146 Å². The van der Waals surface area contributed by atoms with Crippen molar-refractivity contribution >= 4 is 11.6 Å². The van der Waals surface area contributed by atoms with Crippen LogP contribution in [-0.2, 0) is 13.2 Å². The van der Waals surface area contributed by atoms with Crippen LogP contribution in [0.1, 0.15) is 43.0 Å². The molecule has 0 N–H and O–H groups in total. The molecule has 1 aliphatic carbocycles. The molecule has 0 aliphatic heterocycles. The summed E-state index contributed by atoms with van der Waals surface area (Å²) < 4.78 is 12.9. The molecule has 8 aromatic carbocycles. The van der Waals surface area contributed by atoms with Gasteiger partial charge in [-0.2, -0.15) is 0 Å². The maximum absolute atomic E-state index is 14.3. The maximum atomic E-state index is 14.3. The lowest BCUT2D eigenvalue weighted by atomic mass is 9.83. The zero-order valence-electron chi connectivity index (χ0n) is 30.5. The van der Waals surface area contributed by atoms with E-state index in [4.69, 9.17) is 9.47 Å². The lowest BCUT2D eigenvalue weighted by molar-refractivity contribution is 0.0971. The van der Waals surface area contributed by atoms with Crippen molar-refractivity contribution in [3.63, 3.8) is 0 Å². The summed E-state index contributed by atoms with van der Waals surface area (Å²) in [7, 11) is 0. The molecular weight excluding hydrogens is 689 g/mol. The van der Waals surface area contributed by atoms with Crippen molar-refractivity contribution in [2.75, 3.05) is 0 Å². The van der Waals surface area contributed by atoms with Crippen molar-refractivity contribution in [2.45, 2.75) is 13.2 Å². The van der Waals surface area contributed by atoms with Crippen LogP contribution in [-0.4, -0.2) is 11.6 Å². The molecule has 4 heteroatoms. The van der Waals surface area contributed by atoms with Crippen LogP contribution in [0.3, 0.4) is 0 Å². The molecule has 9 rings (SSSR count). The van der Waals surface area contributed by atoms with Crippen molar-refractivity contribution in [3.05, 3.63) is 228 Å². The summed E-state index contributed by atoms with van der Waals surface area (Å²) in [6.07, 6.45) is 0. The number of carbonyl (C=O) groups is 2. The Balaban J connectivity index is 1.00. The van der Waals surface area contributed by atoms with E-state index >= 15 is 0 Å². The van der Waals surface area contributed by atoms with Gasteiger partial charge in [0.1, 0.15) is 24.7 Å². The first-order valence-corrected chi connectivity index (χ1v) is 18.7. The monoisotopic (exact) mass is 724 g/mol.